The summed E-state index contributed by atoms with van der Waals surface area (Å²) in [5.74, 6) is 1.56. The minimum Gasteiger partial charge on any atom is -0.493 e. The molecule has 0 fully saturated rings. The molecule has 1 heterocycles. The quantitative estimate of drug-likeness (QED) is 0.627. The third-order valence-corrected chi connectivity index (χ3v) is 3.85. The Labute approximate surface area is 136 Å². The summed E-state index contributed by atoms with van der Waals surface area (Å²) in [4.78, 5) is 3.31. The number of aromatic nitrogens is 1. The van der Waals surface area contributed by atoms with Gasteiger partial charge < -0.3 is 19.8 Å². The molecule has 2 N–H and O–H groups in total. The van der Waals surface area contributed by atoms with Crippen molar-refractivity contribution in [3.8, 4) is 11.5 Å². The molecule has 3 aromatic rings. The highest BCUT2D eigenvalue weighted by Gasteiger charge is 2.03. The molecule has 0 aliphatic rings. The highest BCUT2D eigenvalue weighted by Crippen LogP contribution is 2.25. The minimum absolute atomic E-state index is 0.619. The second-order valence-electron chi connectivity index (χ2n) is 5.36. The van der Waals surface area contributed by atoms with E-state index in [4.69, 9.17) is 9.47 Å². The van der Waals surface area contributed by atoms with Gasteiger partial charge in [-0.1, -0.05) is 30.3 Å². The van der Waals surface area contributed by atoms with Crippen molar-refractivity contribution in [3.05, 3.63) is 60.3 Å². The molecule has 3 rings (SSSR count). The first-order valence-corrected chi connectivity index (χ1v) is 7.90. The Kier molecular flexibility index (Phi) is 5.17. The lowest BCUT2D eigenvalue weighted by molar-refractivity contribution is 0.292. The van der Waals surface area contributed by atoms with E-state index in [0.717, 1.165) is 31.0 Å². The largest absolute Gasteiger partial charge is 0.493 e. The highest BCUT2D eigenvalue weighted by atomic mass is 16.5. The molecule has 0 unspecified atom stereocenters. The van der Waals surface area contributed by atoms with Crippen LogP contribution in [0.25, 0.3) is 10.9 Å². The van der Waals surface area contributed by atoms with Crippen molar-refractivity contribution in [1.29, 1.82) is 0 Å². The first-order valence-electron chi connectivity index (χ1n) is 7.90. The molecule has 4 heteroatoms. The van der Waals surface area contributed by atoms with Crippen LogP contribution in [0, 0.1) is 0 Å². The van der Waals surface area contributed by atoms with Crippen LogP contribution in [-0.2, 0) is 6.42 Å². The maximum absolute atomic E-state index is 5.74. The monoisotopic (exact) mass is 310 g/mol. The fourth-order valence-electron chi connectivity index (χ4n) is 2.66. The summed E-state index contributed by atoms with van der Waals surface area (Å²) in [5.41, 5.74) is 2.54. The molecule has 23 heavy (non-hydrogen) atoms. The molecule has 120 valence electrons. The molecule has 0 atom stereocenters. The van der Waals surface area contributed by atoms with Crippen molar-refractivity contribution in [3.63, 3.8) is 0 Å². The van der Waals surface area contributed by atoms with E-state index in [-0.39, 0.29) is 0 Å². The number of nitrogens with one attached hydrogen (secondary N) is 2. The Bertz CT molecular complexity index is 752. The van der Waals surface area contributed by atoms with Gasteiger partial charge in [0.2, 0.25) is 0 Å². The lowest BCUT2D eigenvalue weighted by Crippen LogP contribution is -2.23. The zero-order valence-corrected chi connectivity index (χ0v) is 13.3. The van der Waals surface area contributed by atoms with E-state index in [1.165, 1.54) is 16.5 Å². The van der Waals surface area contributed by atoms with Crippen LogP contribution in [0.3, 0.4) is 0 Å². The third-order valence-electron chi connectivity index (χ3n) is 3.85. The minimum atomic E-state index is 0.619. The van der Waals surface area contributed by atoms with Crippen molar-refractivity contribution in [2.75, 3.05) is 26.8 Å². The van der Waals surface area contributed by atoms with E-state index in [9.17, 15) is 0 Å². The van der Waals surface area contributed by atoms with Gasteiger partial charge in [0.15, 0.2) is 11.5 Å². The smallest absolute Gasteiger partial charge is 0.161 e. The fraction of sp³-hybridized carbons (Fsp3) is 0.263. The van der Waals surface area contributed by atoms with Gasteiger partial charge in [-0.15, -0.1) is 0 Å². The van der Waals surface area contributed by atoms with Crippen LogP contribution in [0.2, 0.25) is 0 Å². The summed E-state index contributed by atoms with van der Waals surface area (Å²) in [6, 6.07) is 16.1. The van der Waals surface area contributed by atoms with Gasteiger partial charge in [0, 0.05) is 23.6 Å². The van der Waals surface area contributed by atoms with Crippen LogP contribution in [0.4, 0.5) is 0 Å². The van der Waals surface area contributed by atoms with Gasteiger partial charge in [-0.3, -0.25) is 0 Å². The predicted octanol–water partition coefficient (Wildman–Crippen LogP) is 3.39. The van der Waals surface area contributed by atoms with Gasteiger partial charge in [0.05, 0.1) is 7.11 Å². The van der Waals surface area contributed by atoms with Gasteiger partial charge in [-0.25, -0.2) is 0 Å². The van der Waals surface area contributed by atoms with Crippen LogP contribution in [0.1, 0.15) is 5.56 Å². The number of benzene rings is 2. The Hall–Kier alpha value is -2.46. The Morgan fingerprint density at radius 3 is 2.61 bits per heavy atom. The summed E-state index contributed by atoms with van der Waals surface area (Å²) < 4.78 is 11.0. The molecule has 4 nitrogen and oxygen atoms in total. The molecule has 0 aliphatic heterocycles. The van der Waals surface area contributed by atoms with Crippen LogP contribution in [0.5, 0.6) is 11.5 Å². The van der Waals surface area contributed by atoms with E-state index < -0.39 is 0 Å². The fourth-order valence-corrected chi connectivity index (χ4v) is 2.66. The van der Waals surface area contributed by atoms with Gasteiger partial charge >= 0.3 is 0 Å². The molecule has 0 saturated carbocycles. The van der Waals surface area contributed by atoms with E-state index >= 15 is 0 Å². The number of ether oxygens (including phenoxy) is 2. The summed E-state index contributed by atoms with van der Waals surface area (Å²) in [7, 11) is 1.65. The van der Waals surface area contributed by atoms with Crippen LogP contribution in [0.15, 0.2) is 54.7 Å². The van der Waals surface area contributed by atoms with Crippen LogP contribution >= 0.6 is 0 Å². The zero-order chi connectivity index (χ0) is 15.9. The number of methoxy groups -OCH3 is 1. The molecular formula is C19H22N2O2. The van der Waals surface area contributed by atoms with Crippen LogP contribution in [-0.4, -0.2) is 31.8 Å². The van der Waals surface area contributed by atoms with Gasteiger partial charge in [-0.05, 0) is 36.7 Å². The van der Waals surface area contributed by atoms with Gasteiger partial charge in [-0.2, -0.15) is 0 Å². The molecule has 0 amide bonds. The SMILES string of the molecule is COc1ccccc1OCCNCCc1c[nH]c2ccccc12. The average molecular weight is 310 g/mol. The second-order valence-corrected chi connectivity index (χ2v) is 5.36. The topological polar surface area (TPSA) is 46.3 Å². The van der Waals surface area contributed by atoms with E-state index in [2.05, 4.69) is 40.8 Å². The number of para-hydroxylation sites is 3. The van der Waals surface area contributed by atoms with E-state index in [1.807, 2.05) is 24.3 Å². The Morgan fingerprint density at radius 2 is 1.74 bits per heavy atom. The van der Waals surface area contributed by atoms with Crippen molar-refractivity contribution in [2.45, 2.75) is 6.42 Å². The summed E-state index contributed by atoms with van der Waals surface area (Å²) in [5, 5.41) is 4.72. The molecule has 0 aliphatic carbocycles. The van der Waals surface area contributed by atoms with E-state index in [1.54, 1.807) is 7.11 Å². The standard InChI is InChI=1S/C19H22N2O2/c1-22-18-8-4-5-9-19(18)23-13-12-20-11-10-15-14-21-17-7-3-2-6-16(15)17/h2-9,14,20-21H,10-13H2,1H3. The highest BCUT2D eigenvalue weighted by molar-refractivity contribution is 5.83. The molecule has 1 aromatic heterocycles. The Balaban J connectivity index is 1.40. The second kappa shape index (κ2) is 7.70. The number of hydrogen-bond acceptors (Lipinski definition) is 3. The summed E-state index contributed by atoms with van der Waals surface area (Å²) in [6.07, 6.45) is 3.09. The molecule has 0 saturated heterocycles. The zero-order valence-electron chi connectivity index (χ0n) is 13.3. The van der Waals surface area contributed by atoms with Gasteiger partial charge in [0.25, 0.3) is 0 Å². The predicted molar refractivity (Wildman–Crippen MR) is 93.4 cm³/mol. The van der Waals surface area contributed by atoms with E-state index in [0.29, 0.717) is 6.61 Å². The van der Waals surface area contributed by atoms with Gasteiger partial charge in [0.1, 0.15) is 6.61 Å². The van der Waals surface area contributed by atoms with Crippen LogP contribution < -0.4 is 14.8 Å². The summed E-state index contributed by atoms with van der Waals surface area (Å²) >= 11 is 0. The lowest BCUT2D eigenvalue weighted by atomic mass is 10.1. The lowest BCUT2D eigenvalue weighted by Gasteiger charge is -2.10. The molecule has 0 radical (unpaired) electrons. The van der Waals surface area contributed by atoms with Crippen molar-refractivity contribution < 1.29 is 9.47 Å². The molecular weight excluding hydrogens is 288 g/mol. The molecule has 0 spiro atoms. The maximum atomic E-state index is 5.74. The molecule has 0 bridgehead atoms. The third kappa shape index (κ3) is 3.85. The number of fused-ring (bicyclic) bond motifs is 1. The first kappa shape index (κ1) is 15.4. The normalized spacial score (nSPS) is 10.8. The average Bonchev–Trinajstić information content (AvgIpc) is 3.01. The molecule has 2 aromatic carbocycles. The first-order chi connectivity index (χ1) is 11.4. The van der Waals surface area contributed by atoms with Crippen molar-refractivity contribution in [1.82, 2.24) is 10.3 Å². The number of rotatable bonds is 8. The van der Waals surface area contributed by atoms with Crippen molar-refractivity contribution in [2.24, 2.45) is 0 Å². The Morgan fingerprint density at radius 1 is 0.957 bits per heavy atom. The van der Waals surface area contributed by atoms with Crippen molar-refractivity contribution >= 4 is 10.9 Å². The summed E-state index contributed by atoms with van der Waals surface area (Å²) in [6.45, 7) is 2.35. The number of aromatic amines is 1. The number of hydrogen-bond donors (Lipinski definition) is 2. The maximum Gasteiger partial charge on any atom is 0.161 e. The number of H-pyrrole nitrogens is 1.